The van der Waals surface area contributed by atoms with Crippen molar-refractivity contribution >= 4 is 5.91 Å². The molecular weight excluding hydrogens is 242 g/mol. The summed E-state index contributed by atoms with van der Waals surface area (Å²) >= 11 is 0. The lowest BCUT2D eigenvalue weighted by atomic mass is 9.54. The zero-order chi connectivity index (χ0) is 12.8. The Morgan fingerprint density at radius 2 is 1.84 bits per heavy atom. The quantitative estimate of drug-likeness (QED) is 0.865. The molecule has 0 radical (unpaired) electrons. The molecule has 0 unspecified atom stereocenters. The summed E-state index contributed by atoms with van der Waals surface area (Å²) in [5.41, 5.74) is 0. The molecule has 102 valence electrons. The van der Waals surface area contributed by atoms with Crippen molar-refractivity contribution in [3.05, 3.63) is 6.33 Å². The molecule has 4 saturated carbocycles. The molecule has 1 amide bonds. The van der Waals surface area contributed by atoms with Gasteiger partial charge in [0.15, 0.2) is 0 Å². The average molecular weight is 261 g/mol. The highest BCUT2D eigenvalue weighted by Crippen LogP contribution is 2.53. The summed E-state index contributed by atoms with van der Waals surface area (Å²) in [5, 5.41) is 14.1. The molecule has 6 heteroatoms. The Morgan fingerprint density at radius 3 is 2.42 bits per heavy atom. The fourth-order valence-corrected chi connectivity index (χ4v) is 4.79. The first kappa shape index (κ1) is 11.4. The van der Waals surface area contributed by atoms with Gasteiger partial charge in [-0.3, -0.25) is 4.79 Å². The van der Waals surface area contributed by atoms with Crippen LogP contribution in [-0.2, 0) is 11.3 Å². The minimum atomic E-state index is 0.0461. The van der Waals surface area contributed by atoms with E-state index in [9.17, 15) is 4.79 Å². The molecular formula is C13H19N5O. The van der Waals surface area contributed by atoms with E-state index < -0.39 is 0 Å². The fourth-order valence-electron chi connectivity index (χ4n) is 4.79. The Bertz CT molecular complexity index is 443. The Morgan fingerprint density at radius 1 is 1.16 bits per heavy atom. The summed E-state index contributed by atoms with van der Waals surface area (Å²) in [4.78, 5) is 12.1. The van der Waals surface area contributed by atoms with Gasteiger partial charge in [-0.2, -0.15) is 0 Å². The number of nitrogens with zero attached hydrogens (tertiary/aromatic N) is 4. The van der Waals surface area contributed by atoms with E-state index >= 15 is 0 Å². The molecule has 4 aliphatic carbocycles. The molecule has 0 saturated heterocycles. The molecule has 6 nitrogen and oxygen atoms in total. The van der Waals surface area contributed by atoms with E-state index in [-0.39, 0.29) is 12.5 Å². The van der Waals surface area contributed by atoms with Crippen LogP contribution in [0.1, 0.15) is 32.1 Å². The van der Waals surface area contributed by atoms with Crippen molar-refractivity contribution in [2.75, 3.05) is 0 Å². The zero-order valence-corrected chi connectivity index (χ0v) is 10.9. The zero-order valence-electron chi connectivity index (χ0n) is 10.9. The third-order valence-electron chi connectivity index (χ3n) is 5.25. The number of nitrogens with one attached hydrogen (secondary N) is 1. The highest BCUT2D eigenvalue weighted by atomic mass is 16.2. The van der Waals surface area contributed by atoms with Gasteiger partial charge in [0.05, 0.1) is 0 Å². The van der Waals surface area contributed by atoms with Crippen LogP contribution in [-0.4, -0.2) is 32.2 Å². The van der Waals surface area contributed by atoms with Crippen molar-refractivity contribution in [1.29, 1.82) is 0 Å². The Labute approximate surface area is 111 Å². The Balaban J connectivity index is 1.41. The Hall–Kier alpha value is -1.46. The molecule has 19 heavy (non-hydrogen) atoms. The summed E-state index contributed by atoms with van der Waals surface area (Å²) in [6, 6.07) is 0.400. The second-order valence-electron chi connectivity index (χ2n) is 6.53. The number of hydrogen-bond donors (Lipinski definition) is 1. The predicted molar refractivity (Wildman–Crippen MR) is 66.8 cm³/mol. The van der Waals surface area contributed by atoms with Crippen molar-refractivity contribution < 1.29 is 4.79 Å². The molecule has 4 aliphatic rings. The van der Waals surface area contributed by atoms with Crippen LogP contribution in [0, 0.1) is 23.7 Å². The van der Waals surface area contributed by atoms with Gasteiger partial charge in [-0.1, -0.05) is 0 Å². The molecule has 4 bridgehead atoms. The molecule has 1 heterocycles. The average Bonchev–Trinajstić information content (AvgIpc) is 2.85. The van der Waals surface area contributed by atoms with Crippen LogP contribution in [0.25, 0.3) is 0 Å². The van der Waals surface area contributed by atoms with E-state index in [4.69, 9.17) is 0 Å². The number of tetrazole rings is 1. The molecule has 0 aromatic carbocycles. The first-order valence-electron chi connectivity index (χ1n) is 7.28. The minimum absolute atomic E-state index is 0.0461. The van der Waals surface area contributed by atoms with E-state index in [1.54, 1.807) is 0 Å². The number of amides is 1. The van der Waals surface area contributed by atoms with Crippen LogP contribution in [0.4, 0.5) is 0 Å². The third-order valence-corrected chi connectivity index (χ3v) is 5.25. The van der Waals surface area contributed by atoms with Crippen molar-refractivity contribution in [2.24, 2.45) is 23.7 Å². The topological polar surface area (TPSA) is 72.7 Å². The summed E-state index contributed by atoms with van der Waals surface area (Å²) in [5.74, 6) is 3.36. The summed E-state index contributed by atoms with van der Waals surface area (Å²) in [7, 11) is 0. The minimum Gasteiger partial charge on any atom is -0.351 e. The van der Waals surface area contributed by atoms with E-state index in [2.05, 4.69) is 20.8 Å². The van der Waals surface area contributed by atoms with Crippen LogP contribution in [0.5, 0.6) is 0 Å². The smallest absolute Gasteiger partial charge is 0.242 e. The van der Waals surface area contributed by atoms with Crippen LogP contribution in [0.2, 0.25) is 0 Å². The van der Waals surface area contributed by atoms with Gasteiger partial charge in [-0.05, 0) is 66.2 Å². The van der Waals surface area contributed by atoms with Crippen LogP contribution < -0.4 is 5.32 Å². The summed E-state index contributed by atoms with van der Waals surface area (Å²) in [6.45, 7) is 0.232. The first-order chi connectivity index (χ1) is 9.28. The van der Waals surface area contributed by atoms with Gasteiger partial charge in [0, 0.05) is 6.04 Å². The lowest BCUT2D eigenvalue weighted by Crippen LogP contribution is -2.56. The second-order valence-corrected chi connectivity index (χ2v) is 6.53. The lowest BCUT2D eigenvalue weighted by Gasteiger charge is -2.54. The van der Waals surface area contributed by atoms with Gasteiger partial charge in [0.2, 0.25) is 5.91 Å². The molecule has 1 aromatic rings. The number of carbonyl (C=O) groups excluding carboxylic acids is 1. The first-order valence-corrected chi connectivity index (χ1v) is 7.28. The normalized spacial score (nSPS) is 39.5. The van der Waals surface area contributed by atoms with E-state index in [1.165, 1.54) is 43.1 Å². The predicted octanol–water partition coefficient (Wildman–Crippen LogP) is 0.614. The Kier molecular flexibility index (Phi) is 2.56. The van der Waals surface area contributed by atoms with Gasteiger partial charge in [-0.15, -0.1) is 5.10 Å². The maximum absolute atomic E-state index is 12.1. The van der Waals surface area contributed by atoms with E-state index in [1.807, 2.05) is 0 Å². The largest absolute Gasteiger partial charge is 0.351 e. The van der Waals surface area contributed by atoms with Crippen LogP contribution >= 0.6 is 0 Å². The third kappa shape index (κ3) is 2.03. The van der Waals surface area contributed by atoms with Gasteiger partial charge < -0.3 is 5.32 Å². The van der Waals surface area contributed by atoms with Crippen molar-refractivity contribution in [1.82, 2.24) is 25.5 Å². The highest BCUT2D eigenvalue weighted by molar-refractivity contribution is 5.76. The van der Waals surface area contributed by atoms with E-state index in [0.717, 1.165) is 11.8 Å². The number of carbonyl (C=O) groups is 1. The van der Waals surface area contributed by atoms with E-state index in [0.29, 0.717) is 17.9 Å². The molecule has 1 N–H and O–H groups in total. The highest BCUT2D eigenvalue weighted by Gasteiger charge is 2.48. The molecule has 1 aromatic heterocycles. The molecule has 0 aliphatic heterocycles. The number of hydrogen-bond acceptors (Lipinski definition) is 4. The fraction of sp³-hybridized carbons (Fsp3) is 0.846. The van der Waals surface area contributed by atoms with Crippen molar-refractivity contribution in [3.8, 4) is 0 Å². The summed E-state index contributed by atoms with van der Waals surface area (Å²) in [6.07, 6.45) is 8.21. The van der Waals surface area contributed by atoms with Gasteiger partial charge in [0.25, 0.3) is 0 Å². The monoisotopic (exact) mass is 261 g/mol. The maximum atomic E-state index is 12.1. The van der Waals surface area contributed by atoms with Crippen LogP contribution in [0.3, 0.4) is 0 Å². The van der Waals surface area contributed by atoms with Gasteiger partial charge in [0.1, 0.15) is 12.9 Å². The number of rotatable bonds is 3. The van der Waals surface area contributed by atoms with Crippen LogP contribution in [0.15, 0.2) is 6.33 Å². The maximum Gasteiger partial charge on any atom is 0.242 e. The van der Waals surface area contributed by atoms with Crippen molar-refractivity contribution in [2.45, 2.75) is 44.7 Å². The standard InChI is InChI=1S/C13H19N5O/c19-12(6-18-7-14-16-17-18)15-13-10-2-8-1-9(4-10)5-11(13)3-8/h7-11,13H,1-6H2,(H,15,19). The van der Waals surface area contributed by atoms with Gasteiger partial charge in [-0.25, -0.2) is 4.68 Å². The van der Waals surface area contributed by atoms with Gasteiger partial charge >= 0.3 is 0 Å². The molecule has 0 spiro atoms. The second kappa shape index (κ2) is 4.28. The summed E-state index contributed by atoms with van der Waals surface area (Å²) < 4.78 is 1.48. The SMILES string of the molecule is O=C(Cn1cnnn1)NC1C2CC3CC(C2)CC1C3. The van der Waals surface area contributed by atoms with Crippen molar-refractivity contribution in [3.63, 3.8) is 0 Å². The number of aromatic nitrogens is 4. The molecule has 5 rings (SSSR count). The molecule has 4 fully saturated rings. The lowest BCUT2D eigenvalue weighted by molar-refractivity contribution is -0.125. The molecule has 0 atom stereocenters.